The van der Waals surface area contributed by atoms with Gasteiger partial charge in [0.05, 0.1) is 12.6 Å². The van der Waals surface area contributed by atoms with Crippen molar-refractivity contribution < 1.29 is 13.2 Å². The molecule has 6 nitrogen and oxygen atoms in total. The third-order valence-corrected chi connectivity index (χ3v) is 4.62. The van der Waals surface area contributed by atoms with E-state index in [0.717, 1.165) is 0 Å². The molecule has 1 rings (SSSR count). The lowest BCUT2D eigenvalue weighted by molar-refractivity contribution is 0.182. The van der Waals surface area contributed by atoms with Gasteiger partial charge in [-0.1, -0.05) is 15.9 Å². The third kappa shape index (κ3) is 3.78. The third-order valence-electron chi connectivity index (χ3n) is 2.45. The second-order valence-electron chi connectivity index (χ2n) is 3.84. The van der Waals surface area contributed by atoms with Crippen molar-refractivity contribution in [1.82, 2.24) is 14.3 Å². The van der Waals surface area contributed by atoms with Gasteiger partial charge in [-0.05, 0) is 13.8 Å². The number of nitrogens with zero attached hydrogens (tertiary/aromatic N) is 2. The molecule has 0 saturated carbocycles. The molecule has 8 heteroatoms. The second-order valence-corrected chi connectivity index (χ2v) is 6.15. The molecule has 1 aromatic rings. The van der Waals surface area contributed by atoms with Crippen LogP contribution in [0, 0.1) is 6.92 Å². The molecule has 104 valence electrons. The van der Waals surface area contributed by atoms with Crippen LogP contribution in [0.2, 0.25) is 0 Å². The molecule has 1 atom stereocenters. The number of rotatable bonds is 7. The van der Waals surface area contributed by atoms with Crippen molar-refractivity contribution in [2.45, 2.75) is 31.5 Å². The van der Waals surface area contributed by atoms with Crippen molar-refractivity contribution in [1.29, 1.82) is 0 Å². The Morgan fingerprint density at radius 2 is 2.28 bits per heavy atom. The van der Waals surface area contributed by atoms with Gasteiger partial charge in [0.15, 0.2) is 5.03 Å². The van der Waals surface area contributed by atoms with Gasteiger partial charge in [0.25, 0.3) is 10.0 Å². The SMILES string of the molecule is CCn1cc(S(=O)(=O)NC(CBr)COC)nc1C. The molecule has 0 bridgehead atoms. The first-order chi connectivity index (χ1) is 8.44. The highest BCUT2D eigenvalue weighted by Gasteiger charge is 2.22. The fourth-order valence-corrected chi connectivity index (χ4v) is 3.31. The van der Waals surface area contributed by atoms with Crippen molar-refractivity contribution in [3.05, 3.63) is 12.0 Å². The van der Waals surface area contributed by atoms with E-state index in [2.05, 4.69) is 25.6 Å². The number of aromatic nitrogens is 2. The first-order valence-electron chi connectivity index (χ1n) is 5.55. The van der Waals surface area contributed by atoms with Gasteiger partial charge >= 0.3 is 0 Å². The lowest BCUT2D eigenvalue weighted by atomic mass is 10.4. The maximum atomic E-state index is 12.1. The Morgan fingerprint density at radius 3 is 2.72 bits per heavy atom. The second kappa shape index (κ2) is 6.65. The molecule has 0 aliphatic rings. The lowest BCUT2D eigenvalue weighted by Gasteiger charge is -2.13. The quantitative estimate of drug-likeness (QED) is 0.749. The number of halogens is 1. The molecule has 0 amide bonds. The number of alkyl halides is 1. The fourth-order valence-electron chi connectivity index (χ4n) is 1.52. The van der Waals surface area contributed by atoms with Gasteiger partial charge in [0.2, 0.25) is 0 Å². The lowest BCUT2D eigenvalue weighted by Crippen LogP contribution is -2.39. The smallest absolute Gasteiger partial charge is 0.259 e. The van der Waals surface area contributed by atoms with E-state index in [1.807, 2.05) is 6.92 Å². The molecule has 18 heavy (non-hydrogen) atoms. The van der Waals surface area contributed by atoms with E-state index >= 15 is 0 Å². The Morgan fingerprint density at radius 1 is 1.61 bits per heavy atom. The van der Waals surface area contributed by atoms with E-state index < -0.39 is 10.0 Å². The largest absolute Gasteiger partial charge is 0.383 e. The van der Waals surface area contributed by atoms with Gasteiger partial charge < -0.3 is 9.30 Å². The molecule has 1 heterocycles. The van der Waals surface area contributed by atoms with Crippen LogP contribution in [0.1, 0.15) is 12.7 Å². The minimum Gasteiger partial charge on any atom is -0.383 e. The van der Waals surface area contributed by atoms with Crippen molar-refractivity contribution in [3.8, 4) is 0 Å². The van der Waals surface area contributed by atoms with Gasteiger partial charge in [-0.25, -0.2) is 18.1 Å². The fraction of sp³-hybridized carbons (Fsp3) is 0.700. The topological polar surface area (TPSA) is 73.2 Å². The van der Waals surface area contributed by atoms with Crippen LogP contribution in [0.15, 0.2) is 11.2 Å². The predicted molar refractivity (Wildman–Crippen MR) is 72.4 cm³/mol. The maximum absolute atomic E-state index is 12.1. The summed E-state index contributed by atoms with van der Waals surface area (Å²) >= 11 is 3.24. The summed E-state index contributed by atoms with van der Waals surface area (Å²) in [7, 11) is -2.07. The molecule has 0 aromatic carbocycles. The predicted octanol–water partition coefficient (Wildman–Crippen LogP) is 0.900. The van der Waals surface area contributed by atoms with Crippen molar-refractivity contribution >= 4 is 26.0 Å². The van der Waals surface area contributed by atoms with Crippen molar-refractivity contribution in [2.75, 3.05) is 19.0 Å². The van der Waals surface area contributed by atoms with E-state index in [4.69, 9.17) is 4.74 Å². The first-order valence-corrected chi connectivity index (χ1v) is 8.16. The van der Waals surface area contributed by atoms with E-state index in [0.29, 0.717) is 24.3 Å². The Hall–Kier alpha value is -0.440. The molecular formula is C10H18BrN3O3S. The Bertz CT molecular complexity index is 487. The summed E-state index contributed by atoms with van der Waals surface area (Å²) in [5.74, 6) is 0.681. The molecule has 1 aromatic heterocycles. The van der Waals surface area contributed by atoms with E-state index in [1.54, 1.807) is 11.5 Å². The monoisotopic (exact) mass is 339 g/mol. The van der Waals surface area contributed by atoms with Crippen LogP contribution in [-0.2, 0) is 21.3 Å². The summed E-state index contributed by atoms with van der Waals surface area (Å²) in [5, 5.41) is 0.525. The highest BCUT2D eigenvalue weighted by molar-refractivity contribution is 9.09. The minimum atomic E-state index is -3.60. The highest BCUT2D eigenvalue weighted by Crippen LogP contribution is 2.10. The van der Waals surface area contributed by atoms with E-state index in [-0.39, 0.29) is 11.1 Å². The van der Waals surface area contributed by atoms with Crippen molar-refractivity contribution in [3.63, 3.8) is 0 Å². The van der Waals surface area contributed by atoms with Crippen LogP contribution in [0.5, 0.6) is 0 Å². The molecule has 0 saturated heterocycles. The molecule has 1 unspecified atom stereocenters. The number of hydrogen-bond donors (Lipinski definition) is 1. The average Bonchev–Trinajstić information content (AvgIpc) is 2.70. The molecular weight excluding hydrogens is 322 g/mol. The number of ether oxygens (including phenoxy) is 1. The summed E-state index contributed by atoms with van der Waals surface area (Å²) in [5.41, 5.74) is 0. The molecule has 0 aliphatic heterocycles. The molecule has 0 fully saturated rings. The summed E-state index contributed by atoms with van der Waals surface area (Å²) in [6, 6.07) is -0.313. The van der Waals surface area contributed by atoms with Crippen LogP contribution >= 0.6 is 15.9 Å². The van der Waals surface area contributed by atoms with Gasteiger partial charge in [0.1, 0.15) is 5.82 Å². The van der Waals surface area contributed by atoms with Crippen LogP contribution in [0.3, 0.4) is 0 Å². The molecule has 0 aliphatic carbocycles. The van der Waals surface area contributed by atoms with Gasteiger partial charge in [-0.2, -0.15) is 0 Å². The summed E-state index contributed by atoms with van der Waals surface area (Å²) < 4.78 is 33.5. The number of hydrogen-bond acceptors (Lipinski definition) is 4. The van der Waals surface area contributed by atoms with Crippen LogP contribution in [0.25, 0.3) is 0 Å². The summed E-state index contributed by atoms with van der Waals surface area (Å²) in [6.45, 7) is 4.70. The maximum Gasteiger partial charge on any atom is 0.259 e. The Balaban J connectivity index is 2.91. The molecule has 0 spiro atoms. The van der Waals surface area contributed by atoms with Crippen molar-refractivity contribution in [2.24, 2.45) is 0 Å². The van der Waals surface area contributed by atoms with Crippen LogP contribution in [0.4, 0.5) is 0 Å². The zero-order valence-corrected chi connectivity index (χ0v) is 13.1. The average molecular weight is 340 g/mol. The first kappa shape index (κ1) is 15.6. The number of methoxy groups -OCH3 is 1. The van der Waals surface area contributed by atoms with E-state index in [1.165, 1.54) is 13.3 Å². The minimum absolute atomic E-state index is 0.0453. The normalized spacial score (nSPS) is 13.8. The van der Waals surface area contributed by atoms with E-state index in [9.17, 15) is 8.42 Å². The zero-order valence-electron chi connectivity index (χ0n) is 10.7. The standard InChI is InChI=1S/C10H18BrN3O3S/c1-4-14-6-10(12-8(14)2)18(15,16)13-9(5-11)7-17-3/h6,9,13H,4-5,7H2,1-3H3. The Labute approximate surface area is 116 Å². The van der Waals surface area contributed by atoms with Gasteiger partial charge in [-0.15, -0.1) is 0 Å². The number of nitrogens with one attached hydrogen (secondary N) is 1. The van der Waals surface area contributed by atoms with Crippen LogP contribution < -0.4 is 4.72 Å². The Kier molecular flexibility index (Phi) is 5.77. The zero-order chi connectivity index (χ0) is 13.8. The highest BCUT2D eigenvalue weighted by atomic mass is 79.9. The number of sulfonamides is 1. The summed E-state index contributed by atoms with van der Waals surface area (Å²) in [4.78, 5) is 4.06. The summed E-state index contributed by atoms with van der Waals surface area (Å²) in [6.07, 6.45) is 1.54. The van der Waals surface area contributed by atoms with Gasteiger partial charge in [-0.3, -0.25) is 0 Å². The van der Waals surface area contributed by atoms with Gasteiger partial charge in [0, 0.05) is 25.2 Å². The van der Waals surface area contributed by atoms with Crippen LogP contribution in [-0.4, -0.2) is 43.1 Å². The number of imidazole rings is 1. The molecule has 0 radical (unpaired) electrons. The number of aryl methyl sites for hydroxylation is 2. The molecule has 1 N–H and O–H groups in total.